The molecule has 0 N–H and O–H groups in total. The Balaban J connectivity index is 0.00000182. The van der Waals surface area contributed by atoms with Crippen molar-refractivity contribution in [2.45, 2.75) is 75.3 Å². The highest BCUT2D eigenvalue weighted by Crippen LogP contribution is 2.43. The predicted octanol–water partition coefficient (Wildman–Crippen LogP) is 4.48. The highest BCUT2D eigenvalue weighted by Gasteiger charge is 2.46. The van der Waals surface area contributed by atoms with Gasteiger partial charge in [0.1, 0.15) is 6.10 Å². The lowest BCUT2D eigenvalue weighted by atomic mass is 9.78. The van der Waals surface area contributed by atoms with Crippen LogP contribution in [0.4, 0.5) is 0 Å². The summed E-state index contributed by atoms with van der Waals surface area (Å²) < 4.78 is 6.22. The zero-order valence-electron chi connectivity index (χ0n) is 15.0. The van der Waals surface area contributed by atoms with Gasteiger partial charge in [-0.05, 0) is 57.2 Å². The van der Waals surface area contributed by atoms with Gasteiger partial charge in [0.25, 0.3) is 0 Å². The minimum absolute atomic E-state index is 0. The van der Waals surface area contributed by atoms with Gasteiger partial charge in [0.15, 0.2) is 0 Å². The van der Waals surface area contributed by atoms with Gasteiger partial charge in [-0.25, -0.2) is 0 Å². The van der Waals surface area contributed by atoms with E-state index in [1.165, 1.54) is 32.4 Å². The van der Waals surface area contributed by atoms with Crippen LogP contribution >= 0.6 is 12.4 Å². The van der Waals surface area contributed by atoms with E-state index in [0.29, 0.717) is 6.04 Å². The normalized spacial score (nSPS) is 28.6. The minimum atomic E-state index is -0.391. The van der Waals surface area contributed by atoms with Gasteiger partial charge in [-0.3, -0.25) is 9.69 Å². The number of ether oxygens (including phenoxy) is 1. The largest absolute Gasteiger partial charge is 0.460 e. The lowest BCUT2D eigenvalue weighted by molar-refractivity contribution is -0.163. The molecule has 3 aliphatic rings. The Labute approximate surface area is 157 Å². The maximum atomic E-state index is 13.3. The van der Waals surface area contributed by atoms with Gasteiger partial charge in [0, 0.05) is 6.04 Å². The fraction of sp³-hybridized carbons (Fsp3) is 0.667. The smallest absolute Gasteiger partial charge is 0.316 e. The summed E-state index contributed by atoms with van der Waals surface area (Å²) in [6.07, 6.45) is 10.2. The molecule has 2 atom stereocenters. The average molecular weight is 364 g/mol. The van der Waals surface area contributed by atoms with E-state index < -0.39 is 5.41 Å². The van der Waals surface area contributed by atoms with Crippen molar-refractivity contribution in [1.82, 2.24) is 4.90 Å². The fourth-order valence-electron chi connectivity index (χ4n) is 5.14. The number of hydrogen-bond acceptors (Lipinski definition) is 3. The molecule has 1 aliphatic carbocycles. The Morgan fingerprint density at radius 1 is 0.960 bits per heavy atom. The Morgan fingerprint density at radius 3 is 2.44 bits per heavy atom. The van der Waals surface area contributed by atoms with Crippen LogP contribution in [0.3, 0.4) is 0 Å². The van der Waals surface area contributed by atoms with Crippen LogP contribution in [-0.2, 0) is 14.9 Å². The number of halogens is 1. The van der Waals surface area contributed by atoms with E-state index in [0.717, 1.165) is 44.1 Å². The molecule has 0 amide bonds. The summed E-state index contributed by atoms with van der Waals surface area (Å²) in [7, 11) is 0. The standard InChI is InChI=1S/C21H29NO2.ClH/c23-20(21(13-5-6-14-21)17-9-2-1-3-10-17)24-19-12-8-16-22-15-7-4-11-18(19)22;/h1-3,9-10,18-19H,4-8,11-16H2;1H. The molecule has 0 radical (unpaired) electrons. The molecule has 1 saturated carbocycles. The van der Waals surface area contributed by atoms with Crippen LogP contribution in [0.1, 0.15) is 63.4 Å². The molecule has 0 aromatic heterocycles. The first-order valence-electron chi connectivity index (χ1n) is 9.80. The summed E-state index contributed by atoms with van der Waals surface area (Å²) in [5, 5.41) is 0. The molecule has 1 aromatic rings. The molecule has 2 aliphatic heterocycles. The monoisotopic (exact) mass is 363 g/mol. The molecule has 0 bridgehead atoms. The van der Waals surface area contributed by atoms with Crippen LogP contribution < -0.4 is 0 Å². The number of carbonyl (C=O) groups is 1. The van der Waals surface area contributed by atoms with Crippen LogP contribution in [0.15, 0.2) is 30.3 Å². The van der Waals surface area contributed by atoms with E-state index >= 15 is 0 Å². The zero-order chi connectivity index (χ0) is 16.4. The van der Waals surface area contributed by atoms with Gasteiger partial charge in [0.05, 0.1) is 5.41 Å². The van der Waals surface area contributed by atoms with Gasteiger partial charge >= 0.3 is 5.97 Å². The Hall–Kier alpha value is -1.06. The van der Waals surface area contributed by atoms with Crippen LogP contribution in [0.25, 0.3) is 0 Å². The second kappa shape index (κ2) is 8.09. The summed E-state index contributed by atoms with van der Waals surface area (Å²) >= 11 is 0. The van der Waals surface area contributed by atoms with Crippen molar-refractivity contribution in [2.24, 2.45) is 0 Å². The first-order chi connectivity index (χ1) is 11.8. The van der Waals surface area contributed by atoms with E-state index in [-0.39, 0.29) is 24.5 Å². The molecule has 1 aromatic carbocycles. The maximum absolute atomic E-state index is 13.3. The van der Waals surface area contributed by atoms with Crippen molar-refractivity contribution in [3.63, 3.8) is 0 Å². The first-order valence-corrected chi connectivity index (χ1v) is 9.80. The van der Waals surface area contributed by atoms with Crippen LogP contribution in [0.5, 0.6) is 0 Å². The number of esters is 1. The summed E-state index contributed by atoms with van der Waals surface area (Å²) in [5.74, 6) is 0.0450. The molecular weight excluding hydrogens is 334 g/mol. The van der Waals surface area contributed by atoms with E-state index in [4.69, 9.17) is 4.74 Å². The maximum Gasteiger partial charge on any atom is 0.316 e. The number of carbonyl (C=O) groups excluding carboxylic acids is 1. The second-order valence-corrected chi connectivity index (χ2v) is 7.84. The van der Waals surface area contributed by atoms with Crippen molar-refractivity contribution in [2.75, 3.05) is 13.1 Å². The van der Waals surface area contributed by atoms with E-state index in [9.17, 15) is 4.79 Å². The number of rotatable bonds is 3. The summed E-state index contributed by atoms with van der Waals surface area (Å²) in [4.78, 5) is 15.8. The van der Waals surface area contributed by atoms with Gasteiger partial charge in [0.2, 0.25) is 0 Å². The molecule has 2 heterocycles. The zero-order valence-corrected chi connectivity index (χ0v) is 15.8. The number of piperidine rings is 2. The third-order valence-electron chi connectivity index (χ3n) is 6.46. The molecule has 25 heavy (non-hydrogen) atoms. The molecule has 2 saturated heterocycles. The number of benzene rings is 1. The van der Waals surface area contributed by atoms with Crippen LogP contribution in [0, 0.1) is 0 Å². The minimum Gasteiger partial charge on any atom is -0.460 e. The highest BCUT2D eigenvalue weighted by atomic mass is 35.5. The molecule has 4 rings (SSSR count). The number of fused-ring (bicyclic) bond motifs is 1. The van der Waals surface area contributed by atoms with Crippen molar-refractivity contribution in [3.8, 4) is 0 Å². The van der Waals surface area contributed by atoms with E-state index in [1.807, 2.05) is 18.2 Å². The molecule has 2 unspecified atom stereocenters. The van der Waals surface area contributed by atoms with Crippen LogP contribution in [0.2, 0.25) is 0 Å². The topological polar surface area (TPSA) is 29.5 Å². The molecule has 3 fully saturated rings. The Morgan fingerprint density at radius 2 is 1.68 bits per heavy atom. The summed E-state index contributed by atoms with van der Waals surface area (Å²) in [6.45, 7) is 2.37. The third-order valence-corrected chi connectivity index (χ3v) is 6.46. The van der Waals surface area contributed by atoms with Crippen molar-refractivity contribution in [3.05, 3.63) is 35.9 Å². The Kier molecular flexibility index (Phi) is 6.06. The van der Waals surface area contributed by atoms with Crippen molar-refractivity contribution in [1.29, 1.82) is 0 Å². The SMILES string of the molecule is Cl.O=C(OC1CCCN2CCCCC12)C1(c2ccccc2)CCCC1. The fourth-order valence-corrected chi connectivity index (χ4v) is 5.14. The quantitative estimate of drug-likeness (QED) is 0.741. The van der Waals surface area contributed by atoms with Gasteiger partial charge in [-0.1, -0.05) is 49.6 Å². The molecule has 4 heteroatoms. The lowest BCUT2D eigenvalue weighted by Crippen LogP contribution is -2.53. The summed E-state index contributed by atoms with van der Waals surface area (Å²) in [5.41, 5.74) is 0.766. The van der Waals surface area contributed by atoms with E-state index in [2.05, 4.69) is 17.0 Å². The van der Waals surface area contributed by atoms with Crippen molar-refractivity contribution < 1.29 is 9.53 Å². The third kappa shape index (κ3) is 3.59. The van der Waals surface area contributed by atoms with Crippen molar-refractivity contribution >= 4 is 18.4 Å². The number of hydrogen-bond donors (Lipinski definition) is 0. The molecule has 3 nitrogen and oxygen atoms in total. The first kappa shape index (κ1) is 18.7. The molecular formula is C21H30ClNO2. The van der Waals surface area contributed by atoms with E-state index in [1.54, 1.807) is 0 Å². The predicted molar refractivity (Wildman–Crippen MR) is 102 cm³/mol. The highest BCUT2D eigenvalue weighted by molar-refractivity contribution is 5.85. The van der Waals surface area contributed by atoms with Gasteiger partial charge in [-0.2, -0.15) is 0 Å². The van der Waals surface area contributed by atoms with Gasteiger partial charge < -0.3 is 4.74 Å². The molecule has 0 spiro atoms. The second-order valence-electron chi connectivity index (χ2n) is 7.84. The summed E-state index contributed by atoms with van der Waals surface area (Å²) in [6, 6.07) is 10.8. The average Bonchev–Trinajstić information content (AvgIpc) is 3.14. The van der Waals surface area contributed by atoms with Crippen LogP contribution in [-0.4, -0.2) is 36.1 Å². The Bertz CT molecular complexity index is 569. The lowest BCUT2D eigenvalue weighted by Gasteiger charge is -2.44. The number of nitrogens with zero attached hydrogens (tertiary/aromatic N) is 1. The molecule has 138 valence electrons. The van der Waals surface area contributed by atoms with Gasteiger partial charge in [-0.15, -0.1) is 12.4 Å².